The molecule has 0 spiro atoms. The molecule has 0 amide bonds. The molecule has 0 atom stereocenters. The third kappa shape index (κ3) is 2.24. The van der Waals surface area contributed by atoms with Crippen molar-refractivity contribution in [2.45, 2.75) is 0 Å². The van der Waals surface area contributed by atoms with Gasteiger partial charge in [0, 0.05) is 11.8 Å². The minimum Gasteiger partial charge on any atom is -0.497 e. The highest BCUT2D eigenvalue weighted by atomic mass is 16.5. The number of nitrogens with zero attached hydrogens (tertiary/aromatic N) is 1. The van der Waals surface area contributed by atoms with Gasteiger partial charge in [0.15, 0.2) is 0 Å². The summed E-state index contributed by atoms with van der Waals surface area (Å²) in [6, 6.07) is 9.09. The third-order valence-electron chi connectivity index (χ3n) is 1.64. The van der Waals surface area contributed by atoms with Crippen LogP contribution in [0.25, 0.3) is 5.70 Å². The van der Waals surface area contributed by atoms with Gasteiger partial charge in [-0.15, -0.1) is 0 Å². The fraction of sp³-hybridized carbons (Fsp3) is 0.100. The highest BCUT2D eigenvalue weighted by molar-refractivity contribution is 5.65. The lowest BCUT2D eigenvalue weighted by Gasteiger charge is -2.01. The summed E-state index contributed by atoms with van der Waals surface area (Å²) in [4.78, 5) is 0. The van der Waals surface area contributed by atoms with Gasteiger partial charge in [-0.2, -0.15) is 5.26 Å². The minimum atomic E-state index is 0.463. The topological polar surface area (TPSA) is 59.0 Å². The molecule has 3 nitrogen and oxygen atoms in total. The molecule has 0 fully saturated rings. The summed E-state index contributed by atoms with van der Waals surface area (Å²) < 4.78 is 4.98. The van der Waals surface area contributed by atoms with E-state index < -0.39 is 0 Å². The van der Waals surface area contributed by atoms with Crippen LogP contribution in [0.2, 0.25) is 0 Å². The van der Waals surface area contributed by atoms with Crippen molar-refractivity contribution in [3.63, 3.8) is 0 Å². The lowest BCUT2D eigenvalue weighted by Crippen LogP contribution is -1.95. The lowest BCUT2D eigenvalue weighted by atomic mass is 10.1. The van der Waals surface area contributed by atoms with Crippen LogP contribution < -0.4 is 10.5 Å². The average molecular weight is 174 g/mol. The zero-order valence-electron chi connectivity index (χ0n) is 7.32. The van der Waals surface area contributed by atoms with Crippen LogP contribution in [-0.2, 0) is 0 Å². The van der Waals surface area contributed by atoms with E-state index in [9.17, 15) is 0 Å². The summed E-state index contributed by atoms with van der Waals surface area (Å²) in [6.45, 7) is 0. The number of benzene rings is 1. The van der Waals surface area contributed by atoms with Gasteiger partial charge in [-0.3, -0.25) is 0 Å². The largest absolute Gasteiger partial charge is 0.497 e. The minimum absolute atomic E-state index is 0.463. The standard InChI is InChI=1S/C10H10N2O/c1-13-9-4-2-8(3-5-9)10(12)6-7-11/h2-6H,12H2,1H3. The summed E-state index contributed by atoms with van der Waals surface area (Å²) in [5.74, 6) is 0.772. The molecule has 66 valence electrons. The molecule has 0 aliphatic rings. The van der Waals surface area contributed by atoms with Crippen molar-refractivity contribution in [1.82, 2.24) is 0 Å². The SMILES string of the molecule is COc1ccc(C(N)=CC#N)cc1. The molecular weight excluding hydrogens is 164 g/mol. The van der Waals surface area contributed by atoms with Crippen molar-refractivity contribution in [2.24, 2.45) is 5.73 Å². The molecule has 0 aliphatic heterocycles. The van der Waals surface area contributed by atoms with E-state index in [0.29, 0.717) is 5.70 Å². The molecule has 0 unspecified atom stereocenters. The zero-order valence-corrected chi connectivity index (χ0v) is 7.32. The van der Waals surface area contributed by atoms with Crippen molar-refractivity contribution >= 4 is 5.70 Å². The Kier molecular flexibility index (Phi) is 2.93. The number of hydrogen-bond acceptors (Lipinski definition) is 3. The maximum Gasteiger partial charge on any atom is 0.118 e. The smallest absolute Gasteiger partial charge is 0.118 e. The Morgan fingerprint density at radius 3 is 2.54 bits per heavy atom. The van der Waals surface area contributed by atoms with Crippen LogP contribution >= 0.6 is 0 Å². The summed E-state index contributed by atoms with van der Waals surface area (Å²) in [7, 11) is 1.60. The average Bonchev–Trinajstić information content (AvgIpc) is 2.18. The number of ether oxygens (including phenoxy) is 1. The van der Waals surface area contributed by atoms with E-state index in [1.807, 2.05) is 18.2 Å². The van der Waals surface area contributed by atoms with E-state index in [2.05, 4.69) is 0 Å². The highest BCUT2D eigenvalue weighted by Crippen LogP contribution is 2.14. The number of allylic oxidation sites excluding steroid dienone is 1. The van der Waals surface area contributed by atoms with Crippen molar-refractivity contribution in [3.05, 3.63) is 35.9 Å². The number of rotatable bonds is 2. The van der Waals surface area contributed by atoms with Gasteiger partial charge in [0.05, 0.1) is 13.2 Å². The Bertz CT molecular complexity index is 346. The molecule has 0 heterocycles. The molecular formula is C10H10N2O. The number of hydrogen-bond donors (Lipinski definition) is 1. The number of methoxy groups -OCH3 is 1. The van der Waals surface area contributed by atoms with E-state index in [4.69, 9.17) is 15.7 Å². The van der Waals surface area contributed by atoms with E-state index in [1.165, 1.54) is 6.08 Å². The van der Waals surface area contributed by atoms with Gasteiger partial charge in [-0.25, -0.2) is 0 Å². The van der Waals surface area contributed by atoms with Crippen LogP contribution in [0.15, 0.2) is 30.3 Å². The monoisotopic (exact) mass is 174 g/mol. The van der Waals surface area contributed by atoms with Gasteiger partial charge in [0.2, 0.25) is 0 Å². The van der Waals surface area contributed by atoms with Gasteiger partial charge in [0.25, 0.3) is 0 Å². The second-order valence-electron chi connectivity index (χ2n) is 2.46. The van der Waals surface area contributed by atoms with Crippen molar-refractivity contribution < 1.29 is 4.74 Å². The maximum absolute atomic E-state index is 8.37. The maximum atomic E-state index is 8.37. The first kappa shape index (κ1) is 9.14. The molecule has 1 aromatic carbocycles. The number of nitrogens with two attached hydrogens (primary N) is 1. The summed E-state index contributed by atoms with van der Waals surface area (Å²) in [5.41, 5.74) is 6.88. The Labute approximate surface area is 77.0 Å². The quantitative estimate of drug-likeness (QED) is 0.691. The van der Waals surface area contributed by atoms with Crippen molar-refractivity contribution in [3.8, 4) is 11.8 Å². The van der Waals surface area contributed by atoms with Crippen LogP contribution in [0.3, 0.4) is 0 Å². The molecule has 2 N–H and O–H groups in total. The number of nitriles is 1. The predicted molar refractivity (Wildman–Crippen MR) is 50.8 cm³/mol. The van der Waals surface area contributed by atoms with E-state index in [1.54, 1.807) is 19.2 Å². The molecule has 0 aromatic heterocycles. The summed E-state index contributed by atoms with van der Waals surface area (Å²) in [5, 5.41) is 8.37. The molecule has 3 heteroatoms. The third-order valence-corrected chi connectivity index (χ3v) is 1.64. The Balaban J connectivity index is 2.94. The zero-order chi connectivity index (χ0) is 9.68. The summed E-state index contributed by atoms with van der Waals surface area (Å²) in [6.07, 6.45) is 1.31. The molecule has 1 aromatic rings. The fourth-order valence-corrected chi connectivity index (χ4v) is 0.936. The Hall–Kier alpha value is -1.95. The van der Waals surface area contributed by atoms with Crippen LogP contribution in [0, 0.1) is 11.3 Å². The highest BCUT2D eigenvalue weighted by Gasteiger charge is 1.95. The van der Waals surface area contributed by atoms with Gasteiger partial charge < -0.3 is 10.5 Å². The molecule has 0 bridgehead atoms. The van der Waals surface area contributed by atoms with Crippen molar-refractivity contribution in [1.29, 1.82) is 5.26 Å². The van der Waals surface area contributed by atoms with Gasteiger partial charge in [-0.05, 0) is 29.8 Å². The molecule has 13 heavy (non-hydrogen) atoms. The second kappa shape index (κ2) is 4.17. The fourth-order valence-electron chi connectivity index (χ4n) is 0.936. The van der Waals surface area contributed by atoms with E-state index in [-0.39, 0.29) is 0 Å². The first-order valence-electron chi connectivity index (χ1n) is 3.77. The Morgan fingerprint density at radius 1 is 1.46 bits per heavy atom. The normalized spacial score (nSPS) is 10.6. The van der Waals surface area contributed by atoms with E-state index >= 15 is 0 Å². The first-order chi connectivity index (χ1) is 6.27. The molecule has 1 rings (SSSR count). The first-order valence-corrected chi connectivity index (χ1v) is 3.77. The predicted octanol–water partition coefficient (Wildman–Crippen LogP) is 1.52. The molecule has 0 saturated heterocycles. The second-order valence-corrected chi connectivity index (χ2v) is 2.46. The van der Waals surface area contributed by atoms with Crippen LogP contribution in [0.5, 0.6) is 5.75 Å². The van der Waals surface area contributed by atoms with Gasteiger partial charge in [0.1, 0.15) is 5.75 Å². The molecule has 0 aliphatic carbocycles. The lowest BCUT2D eigenvalue weighted by molar-refractivity contribution is 0.415. The molecule has 0 radical (unpaired) electrons. The van der Waals surface area contributed by atoms with Gasteiger partial charge >= 0.3 is 0 Å². The van der Waals surface area contributed by atoms with Crippen LogP contribution in [0.1, 0.15) is 5.56 Å². The van der Waals surface area contributed by atoms with Crippen LogP contribution in [-0.4, -0.2) is 7.11 Å². The van der Waals surface area contributed by atoms with Gasteiger partial charge in [-0.1, -0.05) is 0 Å². The molecule has 0 saturated carbocycles. The van der Waals surface area contributed by atoms with Crippen LogP contribution in [0.4, 0.5) is 0 Å². The van der Waals surface area contributed by atoms with Crippen molar-refractivity contribution in [2.75, 3.05) is 7.11 Å². The summed E-state index contributed by atoms with van der Waals surface area (Å²) >= 11 is 0. The Morgan fingerprint density at radius 2 is 2.08 bits per heavy atom. The van der Waals surface area contributed by atoms with E-state index in [0.717, 1.165) is 11.3 Å².